The van der Waals surface area contributed by atoms with Crippen LogP contribution in [0.2, 0.25) is 5.02 Å². The third-order valence-corrected chi connectivity index (χ3v) is 3.92. The van der Waals surface area contributed by atoms with Crippen molar-refractivity contribution in [1.82, 2.24) is 20.4 Å². The Labute approximate surface area is 128 Å². The third-order valence-electron chi connectivity index (χ3n) is 3.58. The van der Waals surface area contributed by atoms with Crippen molar-refractivity contribution in [3.8, 4) is 0 Å². The molecule has 21 heavy (non-hydrogen) atoms. The minimum absolute atomic E-state index is 0.157. The van der Waals surface area contributed by atoms with E-state index < -0.39 is 0 Å². The lowest BCUT2D eigenvalue weighted by Crippen LogP contribution is -2.44. The highest BCUT2D eigenvalue weighted by Gasteiger charge is 2.24. The topological polar surface area (TPSA) is 54.2 Å². The van der Waals surface area contributed by atoms with Crippen LogP contribution in [0.5, 0.6) is 0 Å². The monoisotopic (exact) mass is 304 g/mol. The smallest absolute Gasteiger partial charge is 0.250 e. The van der Waals surface area contributed by atoms with Gasteiger partial charge in [-0.15, -0.1) is 0 Å². The van der Waals surface area contributed by atoms with Crippen molar-refractivity contribution >= 4 is 23.8 Å². The van der Waals surface area contributed by atoms with Gasteiger partial charge in [0.2, 0.25) is 0 Å². The zero-order valence-electron chi connectivity index (χ0n) is 11.8. The molecule has 1 saturated heterocycles. The average Bonchev–Trinajstić information content (AvgIpc) is 2.96. The zero-order valence-corrected chi connectivity index (χ0v) is 12.5. The maximum Gasteiger partial charge on any atom is 0.250 e. The number of hydrogen-bond donors (Lipinski definition) is 1. The minimum Gasteiger partial charge on any atom is -0.335 e. The van der Waals surface area contributed by atoms with Crippen LogP contribution in [0, 0.1) is 0 Å². The van der Waals surface area contributed by atoms with Crippen molar-refractivity contribution in [2.24, 2.45) is 0 Å². The zero-order chi connectivity index (χ0) is 14.7. The lowest BCUT2D eigenvalue weighted by Gasteiger charge is -2.30. The molecule has 0 bridgehead atoms. The summed E-state index contributed by atoms with van der Waals surface area (Å²) in [5.41, 5.74) is 0.926. The lowest BCUT2D eigenvalue weighted by molar-refractivity contribution is 0.190. The Kier molecular flexibility index (Phi) is 4.34. The molecule has 0 spiro atoms. The highest BCUT2D eigenvalue weighted by Crippen LogP contribution is 2.20. The van der Waals surface area contributed by atoms with E-state index in [9.17, 15) is 0 Å². The fraction of sp³-hybridized carbons (Fsp3) is 0.333. The number of halogens is 1. The molecule has 1 unspecified atom stereocenters. The molecule has 0 aliphatic carbocycles. The van der Waals surface area contributed by atoms with E-state index in [4.69, 9.17) is 16.1 Å². The molecular formula is C15H17ClN4O. The Balaban J connectivity index is 1.74. The molecule has 1 atom stereocenters. The molecule has 0 amide bonds. The molecule has 1 N–H and O–H groups in total. The molecule has 2 aromatic rings. The van der Waals surface area contributed by atoms with Gasteiger partial charge < -0.3 is 9.84 Å². The van der Waals surface area contributed by atoms with Crippen LogP contribution < -0.4 is 5.32 Å². The SMILES string of the molecule is CN1CCNCC1c1noc(/C=C/c2ccccc2Cl)n1. The molecular weight excluding hydrogens is 288 g/mol. The van der Waals surface area contributed by atoms with Crippen molar-refractivity contribution in [2.75, 3.05) is 26.7 Å². The van der Waals surface area contributed by atoms with Crippen LogP contribution in [0.3, 0.4) is 0 Å². The number of aromatic nitrogens is 2. The van der Waals surface area contributed by atoms with E-state index in [1.165, 1.54) is 0 Å². The van der Waals surface area contributed by atoms with Gasteiger partial charge in [-0.3, -0.25) is 4.90 Å². The van der Waals surface area contributed by atoms with Gasteiger partial charge in [-0.25, -0.2) is 0 Å². The van der Waals surface area contributed by atoms with Crippen LogP contribution in [0.4, 0.5) is 0 Å². The number of rotatable bonds is 3. The van der Waals surface area contributed by atoms with Crippen molar-refractivity contribution in [2.45, 2.75) is 6.04 Å². The molecule has 1 fully saturated rings. The summed E-state index contributed by atoms with van der Waals surface area (Å²) >= 11 is 6.10. The first-order valence-electron chi connectivity index (χ1n) is 6.91. The Bertz CT molecular complexity index is 640. The number of nitrogens with one attached hydrogen (secondary N) is 1. The van der Waals surface area contributed by atoms with Crippen LogP contribution in [0.15, 0.2) is 28.8 Å². The van der Waals surface area contributed by atoms with E-state index in [2.05, 4.69) is 27.4 Å². The fourth-order valence-corrected chi connectivity index (χ4v) is 2.51. The molecule has 2 heterocycles. The highest BCUT2D eigenvalue weighted by molar-refractivity contribution is 6.32. The number of benzene rings is 1. The van der Waals surface area contributed by atoms with E-state index >= 15 is 0 Å². The first-order valence-corrected chi connectivity index (χ1v) is 7.29. The van der Waals surface area contributed by atoms with Crippen molar-refractivity contribution in [3.05, 3.63) is 46.6 Å². The van der Waals surface area contributed by atoms with Gasteiger partial charge >= 0.3 is 0 Å². The predicted molar refractivity (Wildman–Crippen MR) is 82.9 cm³/mol. The van der Waals surface area contributed by atoms with Crippen molar-refractivity contribution in [1.29, 1.82) is 0 Å². The lowest BCUT2D eigenvalue weighted by atomic mass is 10.2. The summed E-state index contributed by atoms with van der Waals surface area (Å²) < 4.78 is 5.28. The quantitative estimate of drug-likeness (QED) is 0.944. The summed E-state index contributed by atoms with van der Waals surface area (Å²) in [6, 6.07) is 7.78. The van der Waals surface area contributed by atoms with Crippen LogP contribution in [-0.2, 0) is 0 Å². The maximum absolute atomic E-state index is 6.10. The van der Waals surface area contributed by atoms with Gasteiger partial charge in [0, 0.05) is 30.7 Å². The largest absolute Gasteiger partial charge is 0.335 e. The first kappa shape index (κ1) is 14.3. The molecule has 3 rings (SSSR count). The third kappa shape index (κ3) is 3.32. The standard InChI is InChI=1S/C15H17ClN4O/c1-20-9-8-17-10-13(20)15-18-14(21-19-15)7-6-11-4-2-3-5-12(11)16/h2-7,13,17H,8-10H2,1H3/b7-6+. The van der Waals surface area contributed by atoms with Crippen LogP contribution >= 0.6 is 11.6 Å². The second-order valence-electron chi connectivity index (χ2n) is 5.05. The number of likely N-dealkylation sites (N-methyl/N-ethyl adjacent to an activating group) is 1. The number of piperazine rings is 1. The van der Waals surface area contributed by atoms with Gasteiger partial charge in [0.1, 0.15) is 0 Å². The van der Waals surface area contributed by atoms with E-state index in [0.717, 1.165) is 25.2 Å². The second kappa shape index (κ2) is 6.39. The normalized spacial score (nSPS) is 20.2. The minimum atomic E-state index is 0.157. The van der Waals surface area contributed by atoms with Crippen molar-refractivity contribution < 1.29 is 4.52 Å². The highest BCUT2D eigenvalue weighted by atomic mass is 35.5. The molecule has 0 saturated carbocycles. The molecule has 1 aromatic heterocycles. The average molecular weight is 305 g/mol. The molecule has 0 radical (unpaired) electrons. The molecule has 110 valence electrons. The summed E-state index contributed by atoms with van der Waals surface area (Å²) in [6.07, 6.45) is 3.66. The molecule has 1 aromatic carbocycles. The number of hydrogen-bond acceptors (Lipinski definition) is 5. The van der Waals surface area contributed by atoms with Gasteiger partial charge in [0.15, 0.2) is 5.82 Å². The summed E-state index contributed by atoms with van der Waals surface area (Å²) in [5, 5.41) is 8.11. The second-order valence-corrected chi connectivity index (χ2v) is 5.45. The summed E-state index contributed by atoms with van der Waals surface area (Å²) in [6.45, 7) is 2.80. The number of nitrogens with zero attached hydrogens (tertiary/aromatic N) is 3. The van der Waals surface area contributed by atoms with Gasteiger partial charge in [-0.05, 0) is 24.8 Å². The van der Waals surface area contributed by atoms with E-state index in [1.54, 1.807) is 6.08 Å². The van der Waals surface area contributed by atoms with Gasteiger partial charge in [0.05, 0.1) is 6.04 Å². The Hall–Kier alpha value is -1.69. The van der Waals surface area contributed by atoms with Crippen LogP contribution in [0.25, 0.3) is 12.2 Å². The summed E-state index contributed by atoms with van der Waals surface area (Å²) in [5.74, 6) is 1.20. The van der Waals surface area contributed by atoms with Gasteiger partial charge in [-0.2, -0.15) is 4.98 Å². The van der Waals surface area contributed by atoms with E-state index in [1.807, 2.05) is 30.3 Å². The van der Waals surface area contributed by atoms with E-state index in [-0.39, 0.29) is 6.04 Å². The summed E-state index contributed by atoms with van der Waals surface area (Å²) in [4.78, 5) is 6.66. The Morgan fingerprint density at radius 3 is 3.05 bits per heavy atom. The fourth-order valence-electron chi connectivity index (χ4n) is 2.32. The molecule has 5 nitrogen and oxygen atoms in total. The molecule has 6 heteroatoms. The molecule has 1 aliphatic rings. The van der Waals surface area contributed by atoms with Gasteiger partial charge in [-0.1, -0.05) is 35.0 Å². The van der Waals surface area contributed by atoms with Crippen LogP contribution in [0.1, 0.15) is 23.3 Å². The van der Waals surface area contributed by atoms with Crippen molar-refractivity contribution in [3.63, 3.8) is 0 Å². The Morgan fingerprint density at radius 1 is 1.38 bits per heavy atom. The summed E-state index contributed by atoms with van der Waals surface area (Å²) in [7, 11) is 2.07. The van der Waals surface area contributed by atoms with Gasteiger partial charge in [0.25, 0.3) is 5.89 Å². The van der Waals surface area contributed by atoms with E-state index in [0.29, 0.717) is 16.7 Å². The Morgan fingerprint density at radius 2 is 2.24 bits per heavy atom. The van der Waals surface area contributed by atoms with Crippen LogP contribution in [-0.4, -0.2) is 41.7 Å². The molecule has 1 aliphatic heterocycles. The maximum atomic E-state index is 6.10. The predicted octanol–water partition coefficient (Wildman–Crippen LogP) is 2.47. The first-order chi connectivity index (χ1) is 10.2.